The predicted molar refractivity (Wildman–Crippen MR) is 115 cm³/mol. The summed E-state index contributed by atoms with van der Waals surface area (Å²) >= 11 is 0. The fourth-order valence-electron chi connectivity index (χ4n) is 2.46. The molecule has 0 saturated carbocycles. The molecule has 0 fully saturated rings. The number of hydrogen-bond donors (Lipinski definition) is 2. The SMILES string of the molecule is O=[N+]([O-])c1cccc(NN=Cc2cccc(C=NNc3cccc([N+](=O)[O-])c3)c2)c1. The van der Waals surface area contributed by atoms with Gasteiger partial charge in [-0.05, 0) is 29.3 Å². The third kappa shape index (κ3) is 5.70. The molecule has 150 valence electrons. The summed E-state index contributed by atoms with van der Waals surface area (Å²) in [6.45, 7) is 0. The fourth-order valence-corrected chi connectivity index (χ4v) is 2.46. The van der Waals surface area contributed by atoms with E-state index in [9.17, 15) is 20.2 Å². The van der Waals surface area contributed by atoms with E-state index in [1.807, 2.05) is 24.3 Å². The molecule has 0 unspecified atom stereocenters. The molecule has 0 aliphatic carbocycles. The highest BCUT2D eigenvalue weighted by atomic mass is 16.6. The van der Waals surface area contributed by atoms with Gasteiger partial charge in [0.05, 0.1) is 33.7 Å². The second kappa shape index (κ2) is 9.55. The molecule has 3 aromatic carbocycles. The Balaban J connectivity index is 1.61. The molecule has 0 spiro atoms. The van der Waals surface area contributed by atoms with Crippen LogP contribution in [0, 0.1) is 20.2 Å². The van der Waals surface area contributed by atoms with Gasteiger partial charge in [-0.3, -0.25) is 31.1 Å². The highest BCUT2D eigenvalue weighted by Crippen LogP contribution is 2.17. The van der Waals surface area contributed by atoms with Gasteiger partial charge in [-0.2, -0.15) is 10.2 Å². The van der Waals surface area contributed by atoms with Gasteiger partial charge in [-0.1, -0.05) is 30.3 Å². The molecule has 0 amide bonds. The van der Waals surface area contributed by atoms with Gasteiger partial charge in [-0.15, -0.1) is 0 Å². The summed E-state index contributed by atoms with van der Waals surface area (Å²) in [6.07, 6.45) is 3.15. The Labute approximate surface area is 170 Å². The van der Waals surface area contributed by atoms with Gasteiger partial charge in [0, 0.05) is 24.3 Å². The lowest BCUT2D eigenvalue weighted by atomic mass is 10.1. The Morgan fingerprint density at radius 1 is 0.667 bits per heavy atom. The molecule has 0 aliphatic heterocycles. The molecule has 10 heteroatoms. The topological polar surface area (TPSA) is 135 Å². The van der Waals surface area contributed by atoms with Crippen LogP contribution in [0.1, 0.15) is 11.1 Å². The van der Waals surface area contributed by atoms with Crippen LogP contribution in [0.3, 0.4) is 0 Å². The highest BCUT2D eigenvalue weighted by Gasteiger charge is 2.05. The van der Waals surface area contributed by atoms with Crippen molar-refractivity contribution in [1.29, 1.82) is 0 Å². The van der Waals surface area contributed by atoms with Crippen molar-refractivity contribution in [2.45, 2.75) is 0 Å². The summed E-state index contributed by atoms with van der Waals surface area (Å²) in [5, 5.41) is 29.8. The van der Waals surface area contributed by atoms with Crippen LogP contribution in [0.15, 0.2) is 83.0 Å². The summed E-state index contributed by atoms with van der Waals surface area (Å²) in [4.78, 5) is 20.7. The largest absolute Gasteiger partial charge is 0.278 e. The fraction of sp³-hybridized carbons (Fsp3) is 0. The van der Waals surface area contributed by atoms with Crippen molar-refractivity contribution < 1.29 is 9.85 Å². The molecule has 0 radical (unpaired) electrons. The van der Waals surface area contributed by atoms with Gasteiger partial charge in [-0.25, -0.2) is 0 Å². The summed E-state index contributed by atoms with van der Waals surface area (Å²) in [7, 11) is 0. The standard InChI is InChI=1S/C20H16N6O4/c27-25(28)19-8-2-6-17(11-19)23-21-13-15-4-1-5-16(10-15)14-22-24-18-7-3-9-20(12-18)26(29)30/h1-14,23-24H. The van der Waals surface area contributed by atoms with Crippen LogP contribution in [-0.2, 0) is 0 Å². The molecule has 10 nitrogen and oxygen atoms in total. The molecule has 2 N–H and O–H groups in total. The number of nitro groups is 2. The minimum Gasteiger partial charge on any atom is -0.278 e. The monoisotopic (exact) mass is 404 g/mol. The first-order valence-corrected chi connectivity index (χ1v) is 8.68. The normalized spacial score (nSPS) is 10.9. The van der Waals surface area contributed by atoms with Gasteiger partial charge in [0.15, 0.2) is 0 Å². The predicted octanol–water partition coefficient (Wildman–Crippen LogP) is 4.40. The Morgan fingerprint density at radius 3 is 1.53 bits per heavy atom. The molecule has 3 rings (SSSR count). The number of rotatable bonds is 8. The first-order valence-electron chi connectivity index (χ1n) is 8.68. The lowest BCUT2D eigenvalue weighted by Gasteiger charge is -2.01. The lowest BCUT2D eigenvalue weighted by molar-refractivity contribution is -0.385. The van der Waals surface area contributed by atoms with E-state index in [0.29, 0.717) is 11.4 Å². The van der Waals surface area contributed by atoms with Gasteiger partial charge in [0.1, 0.15) is 0 Å². The summed E-state index contributed by atoms with van der Waals surface area (Å²) in [6, 6.07) is 19.4. The molecular formula is C20H16N6O4. The van der Waals surface area contributed by atoms with Crippen molar-refractivity contribution in [3.8, 4) is 0 Å². The van der Waals surface area contributed by atoms with Gasteiger partial charge < -0.3 is 0 Å². The smallest absolute Gasteiger partial charge is 0.271 e. The molecular weight excluding hydrogens is 388 g/mol. The quantitative estimate of drug-likeness (QED) is 0.325. The third-order valence-corrected chi connectivity index (χ3v) is 3.84. The molecule has 0 saturated heterocycles. The first kappa shape index (κ1) is 20.1. The van der Waals surface area contributed by atoms with E-state index in [1.54, 1.807) is 36.7 Å². The number of hydrazone groups is 2. The second-order valence-corrected chi connectivity index (χ2v) is 6.03. The number of nitrogens with one attached hydrogen (secondary N) is 2. The Bertz CT molecular complexity index is 1040. The Kier molecular flexibility index (Phi) is 6.41. The first-order chi connectivity index (χ1) is 14.5. The third-order valence-electron chi connectivity index (χ3n) is 3.84. The summed E-state index contributed by atoms with van der Waals surface area (Å²) < 4.78 is 0. The molecule has 30 heavy (non-hydrogen) atoms. The number of non-ortho nitro benzene ring substituents is 2. The van der Waals surface area contributed by atoms with Crippen molar-refractivity contribution in [1.82, 2.24) is 0 Å². The van der Waals surface area contributed by atoms with Crippen LogP contribution in [0.4, 0.5) is 22.7 Å². The highest BCUT2D eigenvalue weighted by molar-refractivity contribution is 5.86. The zero-order chi connectivity index (χ0) is 21.3. The molecule has 0 atom stereocenters. The van der Waals surface area contributed by atoms with Crippen molar-refractivity contribution in [3.63, 3.8) is 0 Å². The minimum atomic E-state index is -0.473. The maximum Gasteiger partial charge on any atom is 0.271 e. The number of nitro benzene ring substituents is 2. The maximum atomic E-state index is 10.8. The number of benzene rings is 3. The molecule has 0 heterocycles. The van der Waals surface area contributed by atoms with E-state index < -0.39 is 9.85 Å². The molecule has 0 aliphatic rings. The Morgan fingerprint density at radius 2 is 1.10 bits per heavy atom. The van der Waals surface area contributed by atoms with Crippen molar-refractivity contribution in [2.75, 3.05) is 10.9 Å². The van der Waals surface area contributed by atoms with E-state index in [1.165, 1.54) is 24.3 Å². The van der Waals surface area contributed by atoms with Crippen LogP contribution < -0.4 is 10.9 Å². The summed E-state index contributed by atoms with van der Waals surface area (Å²) in [5.41, 5.74) is 8.02. The number of nitrogens with zero attached hydrogens (tertiary/aromatic N) is 4. The summed E-state index contributed by atoms with van der Waals surface area (Å²) in [5.74, 6) is 0. The van der Waals surface area contributed by atoms with E-state index in [4.69, 9.17) is 0 Å². The van der Waals surface area contributed by atoms with E-state index in [2.05, 4.69) is 21.1 Å². The van der Waals surface area contributed by atoms with Crippen LogP contribution in [0.2, 0.25) is 0 Å². The van der Waals surface area contributed by atoms with Crippen molar-refractivity contribution in [3.05, 3.63) is 104 Å². The number of anilines is 2. The van der Waals surface area contributed by atoms with Gasteiger partial charge in [0.25, 0.3) is 11.4 Å². The van der Waals surface area contributed by atoms with Crippen LogP contribution in [0.25, 0.3) is 0 Å². The molecule has 3 aromatic rings. The number of hydrogen-bond acceptors (Lipinski definition) is 8. The molecule has 0 bridgehead atoms. The maximum absolute atomic E-state index is 10.8. The van der Waals surface area contributed by atoms with Crippen LogP contribution in [-0.4, -0.2) is 22.3 Å². The molecule has 0 aromatic heterocycles. The zero-order valence-electron chi connectivity index (χ0n) is 15.5. The average Bonchev–Trinajstić information content (AvgIpc) is 2.74. The van der Waals surface area contributed by atoms with E-state index >= 15 is 0 Å². The average molecular weight is 404 g/mol. The van der Waals surface area contributed by atoms with Crippen molar-refractivity contribution >= 4 is 35.2 Å². The van der Waals surface area contributed by atoms with Gasteiger partial charge in [0.2, 0.25) is 0 Å². The van der Waals surface area contributed by atoms with Crippen LogP contribution >= 0.6 is 0 Å². The second-order valence-electron chi connectivity index (χ2n) is 6.03. The van der Waals surface area contributed by atoms with E-state index in [-0.39, 0.29) is 11.4 Å². The lowest BCUT2D eigenvalue weighted by Crippen LogP contribution is -1.95. The Hall–Kier alpha value is -4.60. The van der Waals surface area contributed by atoms with Gasteiger partial charge >= 0.3 is 0 Å². The van der Waals surface area contributed by atoms with E-state index in [0.717, 1.165) is 11.1 Å². The minimum absolute atomic E-state index is 0.0235. The van der Waals surface area contributed by atoms with Crippen molar-refractivity contribution in [2.24, 2.45) is 10.2 Å². The van der Waals surface area contributed by atoms with Crippen LogP contribution in [0.5, 0.6) is 0 Å². The zero-order valence-corrected chi connectivity index (χ0v) is 15.5.